The molecule has 1 fully saturated rings. The predicted molar refractivity (Wildman–Crippen MR) is 141 cm³/mol. The number of carbonyl (C=O) groups is 2. The summed E-state index contributed by atoms with van der Waals surface area (Å²) in [6, 6.07) is 16.3. The Morgan fingerprint density at radius 1 is 0.944 bits per heavy atom. The van der Waals surface area contributed by atoms with Crippen LogP contribution < -0.4 is 10.6 Å². The summed E-state index contributed by atoms with van der Waals surface area (Å²) in [5, 5.41) is 16.5. The number of amides is 2. The van der Waals surface area contributed by atoms with Crippen molar-refractivity contribution in [1.82, 2.24) is 15.6 Å². The number of hydrogen-bond donors (Lipinski definition) is 3. The number of carbonyl (C=O) groups excluding carboxylic acids is 2. The number of phenolic OH excluding ortho intramolecular Hbond substituents is 1. The molecule has 3 aromatic rings. The molecule has 1 aliphatic rings. The van der Waals surface area contributed by atoms with E-state index in [1.54, 1.807) is 24.3 Å². The first-order valence-electron chi connectivity index (χ1n) is 12.6. The summed E-state index contributed by atoms with van der Waals surface area (Å²) in [4.78, 5) is 29.9. The fraction of sp³-hybridized carbons (Fsp3) is 0.414. The van der Waals surface area contributed by atoms with Crippen LogP contribution in [0.2, 0.25) is 0 Å². The lowest BCUT2D eigenvalue weighted by molar-refractivity contribution is 0.0512. The van der Waals surface area contributed by atoms with E-state index < -0.39 is 5.60 Å². The maximum Gasteiger partial charge on any atom is 0.407 e. The van der Waals surface area contributed by atoms with Crippen molar-refractivity contribution < 1.29 is 19.4 Å². The lowest BCUT2D eigenvalue weighted by atomic mass is 9.82. The number of nitrogens with one attached hydrogen (secondary N) is 2. The largest absolute Gasteiger partial charge is 0.508 e. The fourth-order valence-electron chi connectivity index (χ4n) is 4.66. The van der Waals surface area contributed by atoms with Crippen LogP contribution in [0.3, 0.4) is 0 Å². The minimum absolute atomic E-state index is 0.109. The summed E-state index contributed by atoms with van der Waals surface area (Å²) in [7, 11) is 0. The van der Waals surface area contributed by atoms with Crippen molar-refractivity contribution in [2.24, 2.45) is 11.8 Å². The Balaban J connectivity index is 1.35. The Hall–Kier alpha value is -3.61. The van der Waals surface area contributed by atoms with E-state index in [0.29, 0.717) is 36.2 Å². The minimum atomic E-state index is -0.495. The van der Waals surface area contributed by atoms with Crippen LogP contribution in [0.5, 0.6) is 5.75 Å². The molecule has 7 nitrogen and oxygen atoms in total. The molecule has 2 aromatic carbocycles. The number of ether oxygens (including phenoxy) is 1. The zero-order chi connectivity index (χ0) is 25.7. The molecule has 1 aliphatic carbocycles. The van der Waals surface area contributed by atoms with Crippen LogP contribution in [0, 0.1) is 11.8 Å². The van der Waals surface area contributed by atoms with Gasteiger partial charge in [0.2, 0.25) is 0 Å². The van der Waals surface area contributed by atoms with E-state index in [0.717, 1.165) is 42.1 Å². The van der Waals surface area contributed by atoms with Crippen molar-refractivity contribution >= 4 is 22.9 Å². The molecule has 1 heterocycles. The molecular formula is C29H35N3O4. The van der Waals surface area contributed by atoms with E-state index in [4.69, 9.17) is 9.72 Å². The smallest absolute Gasteiger partial charge is 0.407 e. The van der Waals surface area contributed by atoms with Gasteiger partial charge in [0.15, 0.2) is 0 Å². The molecule has 7 heteroatoms. The van der Waals surface area contributed by atoms with Gasteiger partial charge >= 0.3 is 6.09 Å². The molecule has 0 bridgehead atoms. The molecule has 2 amide bonds. The highest BCUT2D eigenvalue weighted by Gasteiger charge is 2.24. The van der Waals surface area contributed by atoms with Gasteiger partial charge < -0.3 is 20.5 Å². The Kier molecular flexibility index (Phi) is 7.77. The van der Waals surface area contributed by atoms with Crippen molar-refractivity contribution in [3.63, 3.8) is 0 Å². The van der Waals surface area contributed by atoms with Gasteiger partial charge in [-0.3, -0.25) is 4.79 Å². The standard InChI is InChI=1S/C29H35N3O4/c1-29(2,3)36-28(35)31-18-20-10-8-19(9-11-20)17-30-27(34)24-16-26(21-12-14-22(33)15-13-21)32-25-7-5-4-6-23(24)25/h4-7,12-16,19-20,33H,8-11,17-18H2,1-3H3,(H,30,34)(H,31,35). The number of fused-ring (bicyclic) bond motifs is 1. The summed E-state index contributed by atoms with van der Waals surface area (Å²) in [6.45, 7) is 6.81. The number of pyridine rings is 1. The molecule has 0 unspecified atom stereocenters. The van der Waals surface area contributed by atoms with Gasteiger partial charge in [-0.05, 0) is 94.7 Å². The summed E-state index contributed by atoms with van der Waals surface area (Å²) >= 11 is 0. The first-order valence-corrected chi connectivity index (χ1v) is 12.6. The lowest BCUT2D eigenvalue weighted by Gasteiger charge is -2.29. The van der Waals surface area contributed by atoms with Crippen LogP contribution >= 0.6 is 0 Å². The van der Waals surface area contributed by atoms with Crippen LogP contribution in [0.1, 0.15) is 56.8 Å². The summed E-state index contributed by atoms with van der Waals surface area (Å²) in [5.74, 6) is 0.924. The van der Waals surface area contributed by atoms with Crippen LogP contribution in [-0.4, -0.2) is 40.8 Å². The Morgan fingerprint density at radius 2 is 1.56 bits per heavy atom. The zero-order valence-electron chi connectivity index (χ0n) is 21.2. The number of aromatic nitrogens is 1. The minimum Gasteiger partial charge on any atom is -0.508 e. The number of hydrogen-bond acceptors (Lipinski definition) is 5. The van der Waals surface area contributed by atoms with Crippen molar-refractivity contribution in [1.29, 1.82) is 0 Å². The molecule has 0 radical (unpaired) electrons. The van der Waals surface area contributed by atoms with Crippen molar-refractivity contribution in [2.45, 2.75) is 52.1 Å². The van der Waals surface area contributed by atoms with E-state index in [9.17, 15) is 14.7 Å². The quantitative estimate of drug-likeness (QED) is 0.414. The highest BCUT2D eigenvalue weighted by molar-refractivity contribution is 6.07. The normalized spacial score (nSPS) is 18.0. The molecule has 190 valence electrons. The molecule has 1 aromatic heterocycles. The fourth-order valence-corrected chi connectivity index (χ4v) is 4.66. The van der Waals surface area contributed by atoms with Crippen molar-refractivity contribution in [2.75, 3.05) is 13.1 Å². The van der Waals surface area contributed by atoms with E-state index in [1.165, 1.54) is 0 Å². The molecule has 0 atom stereocenters. The van der Waals surface area contributed by atoms with Crippen LogP contribution in [0.4, 0.5) is 4.79 Å². The number of aromatic hydroxyl groups is 1. The third kappa shape index (κ3) is 6.74. The van der Waals surface area contributed by atoms with E-state index in [-0.39, 0.29) is 17.7 Å². The highest BCUT2D eigenvalue weighted by Crippen LogP contribution is 2.29. The third-order valence-corrected chi connectivity index (χ3v) is 6.58. The van der Waals surface area contributed by atoms with Crippen LogP contribution in [0.15, 0.2) is 54.6 Å². The van der Waals surface area contributed by atoms with Gasteiger partial charge in [-0.1, -0.05) is 18.2 Å². The van der Waals surface area contributed by atoms with Gasteiger partial charge in [-0.2, -0.15) is 0 Å². The highest BCUT2D eigenvalue weighted by atomic mass is 16.6. The second-order valence-corrected chi connectivity index (χ2v) is 10.6. The maximum absolute atomic E-state index is 13.3. The molecule has 36 heavy (non-hydrogen) atoms. The van der Waals surface area contributed by atoms with Crippen molar-refractivity contribution in [3.8, 4) is 17.0 Å². The van der Waals surface area contributed by atoms with Crippen LogP contribution in [-0.2, 0) is 4.74 Å². The maximum atomic E-state index is 13.3. The summed E-state index contributed by atoms with van der Waals surface area (Å²) in [6.07, 6.45) is 3.68. The van der Waals surface area contributed by atoms with Gasteiger partial charge in [-0.15, -0.1) is 0 Å². The van der Waals surface area contributed by atoms with Crippen molar-refractivity contribution in [3.05, 3.63) is 60.2 Å². The molecule has 1 saturated carbocycles. The lowest BCUT2D eigenvalue weighted by Crippen LogP contribution is -2.37. The number of phenols is 1. The second-order valence-electron chi connectivity index (χ2n) is 10.6. The number of benzene rings is 2. The van der Waals surface area contributed by atoms with Gasteiger partial charge in [0.1, 0.15) is 11.4 Å². The summed E-state index contributed by atoms with van der Waals surface area (Å²) in [5.41, 5.74) is 2.39. The molecule has 3 N–H and O–H groups in total. The average Bonchev–Trinajstić information content (AvgIpc) is 2.85. The number of alkyl carbamates (subject to hydrolysis) is 1. The Bertz CT molecular complexity index is 1210. The topological polar surface area (TPSA) is 101 Å². The SMILES string of the molecule is CC(C)(C)OC(=O)NCC1CCC(CNC(=O)c2cc(-c3ccc(O)cc3)nc3ccccc23)CC1. The van der Waals surface area contributed by atoms with Crippen LogP contribution in [0.25, 0.3) is 22.2 Å². The van der Waals surface area contributed by atoms with E-state index in [1.807, 2.05) is 51.1 Å². The number of para-hydroxylation sites is 1. The molecule has 4 rings (SSSR count). The predicted octanol–water partition coefficient (Wildman–Crippen LogP) is 5.67. The number of rotatable bonds is 6. The first kappa shape index (κ1) is 25.5. The average molecular weight is 490 g/mol. The Labute approximate surface area is 212 Å². The van der Waals surface area contributed by atoms with E-state index >= 15 is 0 Å². The van der Waals surface area contributed by atoms with Gasteiger partial charge in [0, 0.05) is 24.0 Å². The third-order valence-electron chi connectivity index (χ3n) is 6.58. The zero-order valence-corrected chi connectivity index (χ0v) is 21.2. The van der Waals surface area contributed by atoms with Gasteiger partial charge in [0.05, 0.1) is 16.8 Å². The van der Waals surface area contributed by atoms with Gasteiger partial charge in [-0.25, -0.2) is 9.78 Å². The molecular weight excluding hydrogens is 454 g/mol. The second kappa shape index (κ2) is 11.0. The van der Waals surface area contributed by atoms with E-state index in [2.05, 4.69) is 10.6 Å². The molecule has 0 aliphatic heterocycles. The van der Waals surface area contributed by atoms with Gasteiger partial charge in [0.25, 0.3) is 5.91 Å². The molecule has 0 saturated heterocycles. The number of nitrogens with zero attached hydrogens (tertiary/aromatic N) is 1. The summed E-state index contributed by atoms with van der Waals surface area (Å²) < 4.78 is 5.32. The first-order chi connectivity index (χ1) is 17.2. The Morgan fingerprint density at radius 3 is 2.19 bits per heavy atom. The monoisotopic (exact) mass is 489 g/mol. The molecule has 0 spiro atoms.